The van der Waals surface area contributed by atoms with Gasteiger partial charge in [-0.2, -0.15) is 0 Å². The minimum absolute atomic E-state index is 0.0400. The summed E-state index contributed by atoms with van der Waals surface area (Å²) in [5.41, 5.74) is 8.97. The van der Waals surface area contributed by atoms with Crippen LogP contribution in [0.15, 0.2) is 48.7 Å². The van der Waals surface area contributed by atoms with Crippen molar-refractivity contribution in [3.63, 3.8) is 0 Å². The third kappa shape index (κ3) is 4.87. The van der Waals surface area contributed by atoms with Crippen LogP contribution in [0.25, 0.3) is 11.1 Å². The van der Waals surface area contributed by atoms with E-state index in [0.717, 1.165) is 11.8 Å². The molecule has 1 aromatic heterocycles. The van der Waals surface area contributed by atoms with Gasteiger partial charge in [0.2, 0.25) is 0 Å². The summed E-state index contributed by atoms with van der Waals surface area (Å²) in [6.07, 6.45) is 2.49. The topological polar surface area (TPSA) is 121 Å². The van der Waals surface area contributed by atoms with Crippen molar-refractivity contribution in [3.05, 3.63) is 76.9 Å². The van der Waals surface area contributed by atoms with E-state index >= 15 is 0 Å². The molecule has 0 unspecified atom stereocenters. The molecule has 5 N–H and O–H groups in total. The summed E-state index contributed by atoms with van der Waals surface area (Å²) >= 11 is 0. The van der Waals surface area contributed by atoms with Gasteiger partial charge in [0.1, 0.15) is 12.4 Å². The molecule has 0 saturated heterocycles. The second-order valence-electron chi connectivity index (χ2n) is 6.79. The van der Waals surface area contributed by atoms with Crippen molar-refractivity contribution >= 4 is 17.9 Å². The molecule has 0 amide bonds. The van der Waals surface area contributed by atoms with E-state index in [1.165, 1.54) is 6.20 Å². The molecule has 2 aromatic carbocycles. The molecule has 3 rings (SSSR count). The van der Waals surface area contributed by atoms with Crippen molar-refractivity contribution in [3.8, 4) is 16.9 Å². The Balaban J connectivity index is 2.01. The number of hydrogen-bond acceptors (Lipinski definition) is 6. The van der Waals surface area contributed by atoms with Gasteiger partial charge in [0, 0.05) is 48.4 Å². The summed E-state index contributed by atoms with van der Waals surface area (Å²) in [5, 5.41) is 20.0. The van der Waals surface area contributed by atoms with Crippen molar-refractivity contribution in [2.24, 2.45) is 5.73 Å². The van der Waals surface area contributed by atoms with Gasteiger partial charge in [-0.3, -0.25) is 9.78 Å². The first kappa shape index (κ1) is 21.9. The highest BCUT2D eigenvalue weighted by molar-refractivity contribution is 5.96. The molecule has 160 valence electrons. The SMILES string of the molecule is CNc1cc(COc2ccccc2CC(=O)O)cc(-c2ccnc(CN)c2F)c1C=N. The van der Waals surface area contributed by atoms with Crippen LogP contribution < -0.4 is 15.8 Å². The molecule has 0 atom stereocenters. The normalized spacial score (nSPS) is 10.5. The lowest BCUT2D eigenvalue weighted by Crippen LogP contribution is -2.07. The Bertz CT molecular complexity index is 1120. The van der Waals surface area contributed by atoms with Gasteiger partial charge in [-0.15, -0.1) is 0 Å². The fourth-order valence-electron chi connectivity index (χ4n) is 3.33. The van der Waals surface area contributed by atoms with Crippen LogP contribution in [0.1, 0.15) is 22.4 Å². The molecule has 0 spiro atoms. The highest BCUT2D eigenvalue weighted by atomic mass is 19.1. The molecule has 0 aliphatic heterocycles. The lowest BCUT2D eigenvalue weighted by molar-refractivity contribution is -0.136. The number of ether oxygens (including phenoxy) is 1. The van der Waals surface area contributed by atoms with Gasteiger partial charge in [-0.25, -0.2) is 4.39 Å². The Morgan fingerprint density at radius 3 is 2.74 bits per heavy atom. The fraction of sp³-hybridized carbons (Fsp3) is 0.174. The Morgan fingerprint density at radius 1 is 1.29 bits per heavy atom. The van der Waals surface area contributed by atoms with Gasteiger partial charge in [0.15, 0.2) is 5.82 Å². The first-order chi connectivity index (χ1) is 15.0. The zero-order chi connectivity index (χ0) is 22.4. The molecule has 1 heterocycles. The lowest BCUT2D eigenvalue weighted by atomic mass is 9.95. The molecule has 0 aliphatic rings. The van der Waals surface area contributed by atoms with Gasteiger partial charge in [0.25, 0.3) is 0 Å². The molecule has 7 nitrogen and oxygen atoms in total. The number of rotatable bonds is 9. The van der Waals surface area contributed by atoms with E-state index in [1.807, 2.05) is 6.07 Å². The van der Waals surface area contributed by atoms with E-state index in [4.69, 9.17) is 21.0 Å². The molecule has 8 heteroatoms. The number of halogens is 1. The smallest absolute Gasteiger partial charge is 0.307 e. The lowest BCUT2D eigenvalue weighted by Gasteiger charge is -2.17. The van der Waals surface area contributed by atoms with E-state index in [1.54, 1.807) is 43.4 Å². The van der Waals surface area contributed by atoms with Gasteiger partial charge in [-0.1, -0.05) is 18.2 Å². The number of aromatic nitrogens is 1. The number of carboxylic acid groups (broad SMARTS) is 1. The molecular weight excluding hydrogens is 399 g/mol. The number of nitrogens with two attached hydrogens (primary N) is 1. The van der Waals surface area contributed by atoms with Gasteiger partial charge in [-0.05, 0) is 35.4 Å². The van der Waals surface area contributed by atoms with Crippen molar-refractivity contribution in [1.29, 1.82) is 5.41 Å². The summed E-state index contributed by atoms with van der Waals surface area (Å²) < 4.78 is 20.8. The van der Waals surface area contributed by atoms with Crippen LogP contribution in [0.3, 0.4) is 0 Å². The van der Waals surface area contributed by atoms with E-state index in [9.17, 15) is 9.18 Å². The largest absolute Gasteiger partial charge is 0.489 e. The van der Waals surface area contributed by atoms with Crippen LogP contribution in [0.5, 0.6) is 5.75 Å². The standard InChI is InChI=1S/C23H23FN4O3/c1-27-19-9-14(13-31-21-5-3-2-4-15(21)10-22(29)30)8-17(18(19)11-25)16-6-7-28-20(12-26)23(16)24/h2-9,11,25,27H,10,12-13,26H2,1H3,(H,29,30). The van der Waals surface area contributed by atoms with E-state index in [-0.39, 0.29) is 25.3 Å². The fourth-order valence-corrected chi connectivity index (χ4v) is 3.33. The maximum absolute atomic E-state index is 14.9. The number of anilines is 1. The monoisotopic (exact) mass is 422 g/mol. The Morgan fingerprint density at radius 2 is 2.06 bits per heavy atom. The molecule has 0 bridgehead atoms. The highest BCUT2D eigenvalue weighted by Crippen LogP contribution is 2.33. The summed E-state index contributed by atoms with van der Waals surface area (Å²) in [6.45, 7) is 0.0919. The summed E-state index contributed by atoms with van der Waals surface area (Å²) in [6, 6.07) is 12.0. The molecule has 31 heavy (non-hydrogen) atoms. The van der Waals surface area contributed by atoms with Gasteiger partial charge < -0.3 is 26.3 Å². The Labute approximate surface area is 179 Å². The predicted octanol–water partition coefficient (Wildman–Crippen LogP) is 3.59. The quantitative estimate of drug-likeness (QED) is 0.391. The molecule has 3 aromatic rings. The number of nitrogens with one attached hydrogen (secondary N) is 2. The predicted molar refractivity (Wildman–Crippen MR) is 117 cm³/mol. The number of benzene rings is 2. The van der Waals surface area contributed by atoms with Crippen LogP contribution in [-0.4, -0.2) is 29.3 Å². The average Bonchev–Trinajstić information content (AvgIpc) is 2.77. The van der Waals surface area contributed by atoms with Crippen molar-refractivity contribution in [2.45, 2.75) is 19.6 Å². The van der Waals surface area contributed by atoms with E-state index in [0.29, 0.717) is 33.7 Å². The number of carbonyl (C=O) groups is 1. The van der Waals surface area contributed by atoms with Crippen LogP contribution in [0, 0.1) is 11.2 Å². The number of pyridine rings is 1. The Kier molecular flexibility index (Phi) is 6.94. The van der Waals surface area contributed by atoms with Crippen LogP contribution in [0.2, 0.25) is 0 Å². The van der Waals surface area contributed by atoms with Crippen molar-refractivity contribution in [1.82, 2.24) is 4.98 Å². The van der Waals surface area contributed by atoms with Crippen LogP contribution in [-0.2, 0) is 24.4 Å². The van der Waals surface area contributed by atoms with Crippen molar-refractivity contribution in [2.75, 3.05) is 12.4 Å². The zero-order valence-corrected chi connectivity index (χ0v) is 17.0. The summed E-state index contributed by atoms with van der Waals surface area (Å²) in [5.74, 6) is -1.01. The second-order valence-corrected chi connectivity index (χ2v) is 6.79. The van der Waals surface area contributed by atoms with E-state index < -0.39 is 11.8 Å². The molecule has 0 fully saturated rings. The first-order valence-electron chi connectivity index (χ1n) is 9.60. The van der Waals surface area contributed by atoms with Gasteiger partial charge >= 0.3 is 5.97 Å². The number of nitrogens with zero attached hydrogens (tertiary/aromatic N) is 1. The number of carboxylic acids is 1. The maximum Gasteiger partial charge on any atom is 0.307 e. The second kappa shape index (κ2) is 9.82. The highest BCUT2D eigenvalue weighted by Gasteiger charge is 2.17. The number of hydrogen-bond donors (Lipinski definition) is 4. The van der Waals surface area contributed by atoms with Crippen LogP contribution in [0.4, 0.5) is 10.1 Å². The number of para-hydroxylation sites is 1. The third-order valence-electron chi connectivity index (χ3n) is 4.81. The molecule has 0 aliphatic carbocycles. The van der Waals surface area contributed by atoms with Crippen LogP contribution >= 0.6 is 0 Å². The number of aliphatic carboxylic acids is 1. The minimum atomic E-state index is -0.949. The third-order valence-corrected chi connectivity index (χ3v) is 4.81. The zero-order valence-electron chi connectivity index (χ0n) is 17.0. The van der Waals surface area contributed by atoms with Gasteiger partial charge in [0.05, 0.1) is 12.1 Å². The molecule has 0 saturated carbocycles. The van der Waals surface area contributed by atoms with Crippen molar-refractivity contribution < 1.29 is 19.0 Å². The molecular formula is C23H23FN4O3. The summed E-state index contributed by atoms with van der Waals surface area (Å²) in [7, 11) is 1.72. The summed E-state index contributed by atoms with van der Waals surface area (Å²) in [4.78, 5) is 15.1. The average molecular weight is 422 g/mol. The van der Waals surface area contributed by atoms with E-state index in [2.05, 4.69) is 10.3 Å². The maximum atomic E-state index is 14.9. The molecule has 0 radical (unpaired) electrons. The Hall–Kier alpha value is -3.78. The first-order valence-corrected chi connectivity index (χ1v) is 9.60. The minimum Gasteiger partial charge on any atom is -0.489 e.